The predicted octanol–water partition coefficient (Wildman–Crippen LogP) is 4.89. The van der Waals surface area contributed by atoms with Crippen LogP contribution in [-0.2, 0) is 11.3 Å². The molecule has 2 rings (SSSR count). The quantitative estimate of drug-likeness (QED) is 0.397. The summed E-state index contributed by atoms with van der Waals surface area (Å²) in [4.78, 5) is 4.69. The molecule has 26 heavy (non-hydrogen) atoms. The Morgan fingerprint density at radius 2 is 1.77 bits per heavy atom. The molecule has 2 aromatic carbocycles. The topological polar surface area (TPSA) is 42.8 Å². The normalized spacial score (nSPS) is 11.2. The van der Waals surface area contributed by atoms with E-state index in [9.17, 15) is 0 Å². The van der Waals surface area contributed by atoms with E-state index in [1.807, 2.05) is 25.1 Å². The van der Waals surface area contributed by atoms with Crippen molar-refractivity contribution < 1.29 is 9.57 Å². The number of nitrogens with zero attached hydrogens (tertiary/aromatic N) is 1. The van der Waals surface area contributed by atoms with Gasteiger partial charge in [0.05, 0.1) is 12.8 Å². The van der Waals surface area contributed by atoms with Gasteiger partial charge in [-0.05, 0) is 55.2 Å². The number of hydrogen-bond donors (Lipinski definition) is 1. The van der Waals surface area contributed by atoms with E-state index in [1.165, 1.54) is 12.7 Å². The highest BCUT2D eigenvalue weighted by molar-refractivity contribution is 5.79. The lowest BCUT2D eigenvalue weighted by atomic mass is 10.1. The smallest absolute Gasteiger partial charge is 0.125 e. The van der Waals surface area contributed by atoms with Gasteiger partial charge in [-0.15, -0.1) is 0 Å². The van der Waals surface area contributed by atoms with E-state index in [4.69, 9.17) is 4.74 Å². The first kappa shape index (κ1) is 19.6. The molecule has 0 heterocycles. The van der Waals surface area contributed by atoms with Gasteiger partial charge < -0.3 is 14.9 Å². The van der Waals surface area contributed by atoms with Crippen LogP contribution < -0.4 is 10.1 Å². The van der Waals surface area contributed by atoms with Gasteiger partial charge in [0.15, 0.2) is 0 Å². The molecule has 4 heteroatoms. The Kier molecular flexibility index (Phi) is 7.75. The van der Waals surface area contributed by atoms with Crippen LogP contribution in [0.3, 0.4) is 0 Å². The highest BCUT2D eigenvalue weighted by Gasteiger charge is 2.06. The van der Waals surface area contributed by atoms with Crippen molar-refractivity contribution in [1.29, 1.82) is 0 Å². The molecule has 0 fully saturated rings. The summed E-state index contributed by atoms with van der Waals surface area (Å²) in [6, 6.07) is 12.5. The lowest BCUT2D eigenvalue weighted by Crippen LogP contribution is -2.05. The Morgan fingerprint density at radius 1 is 1.08 bits per heavy atom. The molecular formula is C22H28N2O2. The van der Waals surface area contributed by atoms with Crippen molar-refractivity contribution in [3.8, 4) is 5.75 Å². The van der Waals surface area contributed by atoms with Gasteiger partial charge in [0, 0.05) is 18.7 Å². The zero-order valence-corrected chi connectivity index (χ0v) is 16.1. The summed E-state index contributed by atoms with van der Waals surface area (Å²) in [5, 5.41) is 7.16. The minimum atomic E-state index is 0.651. The number of anilines is 1. The molecule has 0 bridgehead atoms. The van der Waals surface area contributed by atoms with Gasteiger partial charge in [0.2, 0.25) is 0 Å². The van der Waals surface area contributed by atoms with E-state index in [-0.39, 0.29) is 0 Å². The first-order chi connectivity index (χ1) is 12.6. The van der Waals surface area contributed by atoms with Gasteiger partial charge in [0.1, 0.15) is 12.9 Å². The molecule has 0 amide bonds. The molecular weight excluding hydrogens is 324 g/mol. The summed E-state index contributed by atoms with van der Waals surface area (Å²) in [5.41, 5.74) is 5.68. The number of oxime groups is 1. The summed E-state index contributed by atoms with van der Waals surface area (Å²) >= 11 is 0. The maximum absolute atomic E-state index is 6.06. The fourth-order valence-corrected chi connectivity index (χ4v) is 2.73. The zero-order valence-electron chi connectivity index (χ0n) is 16.1. The molecule has 1 N–H and O–H groups in total. The third kappa shape index (κ3) is 5.96. The Bertz CT molecular complexity index is 726. The number of allylic oxidation sites excluding steroid dienone is 1. The number of hydrogen-bond acceptors (Lipinski definition) is 4. The van der Waals surface area contributed by atoms with Crippen molar-refractivity contribution in [1.82, 2.24) is 0 Å². The molecule has 2 aromatic rings. The molecule has 0 aliphatic carbocycles. The number of benzene rings is 2. The van der Waals surface area contributed by atoms with Crippen LogP contribution in [0.1, 0.15) is 29.2 Å². The Morgan fingerprint density at radius 3 is 2.38 bits per heavy atom. The summed E-state index contributed by atoms with van der Waals surface area (Å²) in [6.45, 7) is 7.69. The van der Waals surface area contributed by atoms with Crippen LogP contribution in [0.15, 0.2) is 53.7 Å². The first-order valence-corrected chi connectivity index (χ1v) is 8.88. The van der Waals surface area contributed by atoms with Crippen molar-refractivity contribution in [2.75, 3.05) is 25.6 Å². The Balaban J connectivity index is 1.91. The Hall–Kier alpha value is -2.75. The zero-order chi connectivity index (χ0) is 18.8. The standard InChI is InChI=1S/C22H28N2O2/c1-5-6-12-23-21-14-17(2)22(18(3)15-21)26-13-11-19-7-9-20(10-8-19)16-24-25-4/h5-10,14-16,23H,11-13H2,1-4H3/b6-5+,24-16?. The second kappa shape index (κ2) is 10.3. The minimum absolute atomic E-state index is 0.651. The Labute approximate surface area is 156 Å². The third-order valence-electron chi connectivity index (χ3n) is 4.04. The van der Waals surface area contributed by atoms with Crippen molar-refractivity contribution in [2.45, 2.75) is 27.2 Å². The van der Waals surface area contributed by atoms with Crippen molar-refractivity contribution >= 4 is 11.9 Å². The van der Waals surface area contributed by atoms with Crippen LogP contribution in [0.5, 0.6) is 5.75 Å². The SMILES string of the molecule is C/C=C/CNc1cc(C)c(OCCc2ccc(C=NOC)cc2)c(C)c1. The molecule has 4 nitrogen and oxygen atoms in total. The summed E-state index contributed by atoms with van der Waals surface area (Å²) in [7, 11) is 1.54. The maximum Gasteiger partial charge on any atom is 0.125 e. The van der Waals surface area contributed by atoms with Crippen LogP contribution in [0.4, 0.5) is 5.69 Å². The molecule has 0 spiro atoms. The van der Waals surface area contributed by atoms with Crippen LogP contribution in [0.2, 0.25) is 0 Å². The lowest BCUT2D eigenvalue weighted by molar-refractivity contribution is 0.215. The molecule has 0 aliphatic rings. The number of rotatable bonds is 9. The monoisotopic (exact) mass is 352 g/mol. The van der Waals surface area contributed by atoms with Gasteiger partial charge in [-0.25, -0.2) is 0 Å². The second-order valence-corrected chi connectivity index (χ2v) is 6.15. The average molecular weight is 352 g/mol. The van der Waals surface area contributed by atoms with Crippen molar-refractivity contribution in [3.05, 3.63) is 70.8 Å². The number of nitrogens with one attached hydrogen (secondary N) is 1. The molecule has 0 aromatic heterocycles. The minimum Gasteiger partial charge on any atom is -0.493 e. The molecule has 0 atom stereocenters. The lowest BCUT2D eigenvalue weighted by Gasteiger charge is -2.15. The van der Waals surface area contributed by atoms with Crippen molar-refractivity contribution in [2.24, 2.45) is 5.16 Å². The first-order valence-electron chi connectivity index (χ1n) is 8.88. The maximum atomic E-state index is 6.06. The molecule has 0 saturated carbocycles. The predicted molar refractivity (Wildman–Crippen MR) is 109 cm³/mol. The summed E-state index contributed by atoms with van der Waals surface area (Å²) < 4.78 is 6.06. The molecule has 0 unspecified atom stereocenters. The highest BCUT2D eigenvalue weighted by Crippen LogP contribution is 2.27. The number of ether oxygens (including phenoxy) is 1. The summed E-state index contributed by atoms with van der Waals surface area (Å²) in [5.74, 6) is 0.977. The van der Waals surface area contributed by atoms with E-state index in [2.05, 4.69) is 59.5 Å². The highest BCUT2D eigenvalue weighted by atomic mass is 16.6. The van der Waals surface area contributed by atoms with Gasteiger partial charge >= 0.3 is 0 Å². The second-order valence-electron chi connectivity index (χ2n) is 6.15. The van der Waals surface area contributed by atoms with E-state index in [0.29, 0.717) is 6.61 Å². The number of aryl methyl sites for hydroxylation is 2. The van der Waals surface area contributed by atoms with Crippen molar-refractivity contribution in [3.63, 3.8) is 0 Å². The fraction of sp³-hybridized carbons (Fsp3) is 0.318. The van der Waals surface area contributed by atoms with Gasteiger partial charge in [-0.2, -0.15) is 0 Å². The van der Waals surface area contributed by atoms with Crippen LogP contribution >= 0.6 is 0 Å². The van der Waals surface area contributed by atoms with Gasteiger partial charge in [-0.1, -0.05) is 41.6 Å². The van der Waals surface area contributed by atoms with Crippen LogP contribution in [-0.4, -0.2) is 26.5 Å². The third-order valence-corrected chi connectivity index (χ3v) is 4.04. The van der Waals surface area contributed by atoms with Crippen LogP contribution in [0, 0.1) is 13.8 Å². The van der Waals surface area contributed by atoms with Gasteiger partial charge in [-0.3, -0.25) is 0 Å². The van der Waals surface area contributed by atoms with Gasteiger partial charge in [0.25, 0.3) is 0 Å². The summed E-state index contributed by atoms with van der Waals surface area (Å²) in [6.07, 6.45) is 6.70. The molecule has 0 saturated heterocycles. The van der Waals surface area contributed by atoms with E-state index >= 15 is 0 Å². The average Bonchev–Trinajstić information content (AvgIpc) is 2.63. The largest absolute Gasteiger partial charge is 0.493 e. The molecule has 138 valence electrons. The van der Waals surface area contributed by atoms with Crippen LogP contribution in [0.25, 0.3) is 0 Å². The molecule has 0 radical (unpaired) electrons. The van der Waals surface area contributed by atoms with E-state index < -0.39 is 0 Å². The molecule has 0 aliphatic heterocycles. The van der Waals surface area contributed by atoms with E-state index in [1.54, 1.807) is 6.21 Å². The fourth-order valence-electron chi connectivity index (χ4n) is 2.73. The van der Waals surface area contributed by atoms with E-state index in [0.717, 1.165) is 41.1 Å².